The maximum absolute atomic E-state index is 5.83. The molecule has 0 saturated carbocycles. The second kappa shape index (κ2) is 11.2. The third-order valence-electron chi connectivity index (χ3n) is 2.22. The molecule has 4 nitrogen and oxygen atoms in total. The van der Waals surface area contributed by atoms with Gasteiger partial charge in [0.15, 0.2) is 0 Å². The van der Waals surface area contributed by atoms with Gasteiger partial charge in [-0.05, 0) is 13.0 Å². The first-order valence-electron chi connectivity index (χ1n) is 6.71. The molecule has 1 heterocycles. The van der Waals surface area contributed by atoms with E-state index < -0.39 is 0 Å². The van der Waals surface area contributed by atoms with Gasteiger partial charge in [0.25, 0.3) is 0 Å². The third-order valence-corrected chi connectivity index (χ3v) is 2.40. The number of rotatable bonds is 7. The van der Waals surface area contributed by atoms with Gasteiger partial charge in [0, 0.05) is 19.6 Å². The second-order valence-corrected chi connectivity index (χ2v) is 3.93. The summed E-state index contributed by atoms with van der Waals surface area (Å²) in [4.78, 5) is 10.5. The van der Waals surface area contributed by atoms with Gasteiger partial charge in [0.2, 0.25) is 0 Å². The zero-order valence-corrected chi connectivity index (χ0v) is 12.7. The van der Waals surface area contributed by atoms with Crippen LogP contribution >= 0.6 is 11.6 Å². The van der Waals surface area contributed by atoms with Gasteiger partial charge in [-0.3, -0.25) is 4.98 Å². The fourth-order valence-electron chi connectivity index (χ4n) is 1.49. The molecule has 0 fully saturated rings. The van der Waals surface area contributed by atoms with Gasteiger partial charge in [0.05, 0.1) is 12.4 Å². The van der Waals surface area contributed by atoms with Gasteiger partial charge < -0.3 is 10.2 Å². The first-order valence-corrected chi connectivity index (χ1v) is 7.09. The number of aromatic nitrogens is 2. The molecule has 1 N–H and O–H groups in total. The van der Waals surface area contributed by atoms with Gasteiger partial charge >= 0.3 is 0 Å². The third kappa shape index (κ3) is 6.77. The highest BCUT2D eigenvalue weighted by molar-refractivity contribution is 6.29. The van der Waals surface area contributed by atoms with Crippen LogP contribution in [-0.2, 0) is 0 Å². The maximum atomic E-state index is 5.83. The molecule has 0 atom stereocenters. The van der Waals surface area contributed by atoms with Gasteiger partial charge in [-0.25, -0.2) is 4.98 Å². The molecule has 0 radical (unpaired) electrons. The normalized spacial score (nSPS) is 9.61. The Kier molecular flexibility index (Phi) is 10.7. The molecular formula is C13H25ClN4. The van der Waals surface area contributed by atoms with Crippen LogP contribution in [0.5, 0.6) is 0 Å². The summed E-state index contributed by atoms with van der Waals surface area (Å²) in [6.07, 6.45) is 4.40. The van der Waals surface area contributed by atoms with Crippen molar-refractivity contribution in [3.8, 4) is 0 Å². The average Bonchev–Trinajstić information content (AvgIpc) is 2.40. The van der Waals surface area contributed by atoms with Crippen molar-refractivity contribution in [1.29, 1.82) is 0 Å². The van der Waals surface area contributed by atoms with E-state index in [4.69, 9.17) is 11.6 Å². The lowest BCUT2D eigenvalue weighted by atomic mass is 10.4. The van der Waals surface area contributed by atoms with Crippen LogP contribution in [-0.4, -0.2) is 36.1 Å². The molecule has 0 amide bonds. The van der Waals surface area contributed by atoms with E-state index in [1.807, 2.05) is 13.8 Å². The molecule has 0 aromatic carbocycles. The Bertz CT molecular complexity index is 307. The highest BCUT2D eigenvalue weighted by atomic mass is 35.5. The van der Waals surface area contributed by atoms with E-state index in [2.05, 4.69) is 34.0 Å². The Morgan fingerprint density at radius 1 is 1.22 bits per heavy atom. The number of likely N-dealkylation sites (N-methyl/N-ethyl adjacent to an activating group) is 1. The van der Waals surface area contributed by atoms with Crippen LogP contribution in [0.15, 0.2) is 12.4 Å². The molecule has 0 aliphatic heterocycles. The van der Waals surface area contributed by atoms with Crippen LogP contribution in [0.3, 0.4) is 0 Å². The van der Waals surface area contributed by atoms with Gasteiger partial charge in [-0.15, -0.1) is 0 Å². The van der Waals surface area contributed by atoms with Crippen LogP contribution in [0.25, 0.3) is 0 Å². The van der Waals surface area contributed by atoms with Crippen molar-refractivity contribution in [2.75, 3.05) is 31.1 Å². The molecule has 5 heteroatoms. The van der Waals surface area contributed by atoms with Crippen molar-refractivity contribution in [2.24, 2.45) is 0 Å². The molecule has 18 heavy (non-hydrogen) atoms. The summed E-state index contributed by atoms with van der Waals surface area (Å²) in [6, 6.07) is 0. The second-order valence-electron chi connectivity index (χ2n) is 3.54. The van der Waals surface area contributed by atoms with E-state index in [-0.39, 0.29) is 0 Å². The number of nitrogens with one attached hydrogen (secondary N) is 1. The predicted octanol–water partition coefficient (Wildman–Crippen LogP) is 2.98. The SMILES string of the molecule is CC.CCCN(CCNCC)c1cncc(Cl)n1. The Morgan fingerprint density at radius 2 is 1.94 bits per heavy atom. The number of nitrogens with zero attached hydrogens (tertiary/aromatic N) is 3. The van der Waals surface area contributed by atoms with Gasteiger partial charge in [-0.1, -0.05) is 39.3 Å². The smallest absolute Gasteiger partial charge is 0.149 e. The first kappa shape index (κ1) is 17.1. The largest absolute Gasteiger partial charge is 0.354 e. The molecule has 0 unspecified atom stereocenters. The summed E-state index contributed by atoms with van der Waals surface area (Å²) in [5.74, 6) is 0.854. The summed E-state index contributed by atoms with van der Waals surface area (Å²) < 4.78 is 0. The monoisotopic (exact) mass is 272 g/mol. The molecule has 0 spiro atoms. The average molecular weight is 273 g/mol. The van der Waals surface area contributed by atoms with E-state index in [1.165, 1.54) is 0 Å². The van der Waals surface area contributed by atoms with Crippen molar-refractivity contribution in [3.05, 3.63) is 17.5 Å². The molecule has 0 aliphatic rings. The summed E-state index contributed by atoms with van der Waals surface area (Å²) in [5.41, 5.74) is 0. The molecule has 0 aliphatic carbocycles. The van der Waals surface area contributed by atoms with E-state index in [9.17, 15) is 0 Å². The Labute approximate surface area is 116 Å². The topological polar surface area (TPSA) is 41.0 Å². The molecule has 1 aromatic rings. The van der Waals surface area contributed by atoms with Crippen LogP contribution in [0.1, 0.15) is 34.1 Å². The standard InChI is InChI=1S/C11H19ClN4.C2H6/c1-3-6-16(7-5-13-4-2)11-9-14-8-10(12)15-11;1-2/h8-9,13H,3-7H2,1-2H3;1-2H3. The van der Waals surface area contributed by atoms with Crippen LogP contribution in [0.2, 0.25) is 5.15 Å². The van der Waals surface area contributed by atoms with Crippen LogP contribution in [0, 0.1) is 0 Å². The van der Waals surface area contributed by atoms with Crippen molar-refractivity contribution in [1.82, 2.24) is 15.3 Å². The van der Waals surface area contributed by atoms with Gasteiger partial charge in [-0.2, -0.15) is 0 Å². The molecule has 0 bridgehead atoms. The summed E-state index contributed by atoms with van der Waals surface area (Å²) in [6.45, 7) is 12.1. The molecular weight excluding hydrogens is 248 g/mol. The van der Waals surface area contributed by atoms with E-state index >= 15 is 0 Å². The zero-order chi connectivity index (χ0) is 13.8. The first-order chi connectivity index (χ1) is 8.77. The molecule has 104 valence electrons. The van der Waals surface area contributed by atoms with Gasteiger partial charge in [0.1, 0.15) is 11.0 Å². The van der Waals surface area contributed by atoms with E-state index in [0.29, 0.717) is 5.15 Å². The Hall–Kier alpha value is -0.870. The maximum Gasteiger partial charge on any atom is 0.149 e. The number of halogens is 1. The number of hydrogen-bond donors (Lipinski definition) is 1. The van der Waals surface area contributed by atoms with Crippen molar-refractivity contribution < 1.29 is 0 Å². The zero-order valence-electron chi connectivity index (χ0n) is 11.9. The predicted molar refractivity (Wildman–Crippen MR) is 79.4 cm³/mol. The summed E-state index contributed by atoms with van der Waals surface area (Å²) >= 11 is 5.83. The molecule has 0 saturated heterocycles. The lowest BCUT2D eigenvalue weighted by Crippen LogP contribution is -2.33. The Balaban J connectivity index is 0.00000137. The van der Waals surface area contributed by atoms with Crippen molar-refractivity contribution >= 4 is 17.4 Å². The lowest BCUT2D eigenvalue weighted by molar-refractivity contribution is 0.667. The quantitative estimate of drug-likeness (QED) is 0.775. The highest BCUT2D eigenvalue weighted by Crippen LogP contribution is 2.12. The Morgan fingerprint density at radius 3 is 2.50 bits per heavy atom. The van der Waals surface area contributed by atoms with E-state index in [0.717, 1.165) is 38.4 Å². The van der Waals surface area contributed by atoms with Crippen LogP contribution in [0.4, 0.5) is 5.82 Å². The molecule has 1 rings (SSSR count). The lowest BCUT2D eigenvalue weighted by Gasteiger charge is -2.22. The minimum absolute atomic E-state index is 0.446. The minimum Gasteiger partial charge on any atom is -0.354 e. The minimum atomic E-state index is 0.446. The van der Waals surface area contributed by atoms with Crippen molar-refractivity contribution in [2.45, 2.75) is 34.1 Å². The van der Waals surface area contributed by atoms with Crippen molar-refractivity contribution in [3.63, 3.8) is 0 Å². The number of hydrogen-bond acceptors (Lipinski definition) is 4. The summed E-state index contributed by atoms with van der Waals surface area (Å²) in [7, 11) is 0. The fraction of sp³-hybridized carbons (Fsp3) is 0.692. The fourth-order valence-corrected chi connectivity index (χ4v) is 1.63. The van der Waals surface area contributed by atoms with E-state index in [1.54, 1.807) is 12.4 Å². The van der Waals surface area contributed by atoms with Crippen LogP contribution < -0.4 is 10.2 Å². The highest BCUT2D eigenvalue weighted by Gasteiger charge is 2.07. The number of anilines is 1. The molecule has 1 aromatic heterocycles. The summed E-state index contributed by atoms with van der Waals surface area (Å²) in [5, 5.41) is 3.75.